The van der Waals surface area contributed by atoms with Gasteiger partial charge in [-0.1, -0.05) is 36.4 Å². The third kappa shape index (κ3) is 4.41. The van der Waals surface area contributed by atoms with Crippen molar-refractivity contribution in [3.05, 3.63) is 87.8 Å². The average molecular weight is 363 g/mol. The summed E-state index contributed by atoms with van der Waals surface area (Å²) in [4.78, 5) is 24.4. The first-order valence-corrected chi connectivity index (χ1v) is 8.69. The molecule has 0 aliphatic rings. The van der Waals surface area contributed by atoms with E-state index >= 15 is 0 Å². The summed E-state index contributed by atoms with van der Waals surface area (Å²) in [6, 6.07) is 17.7. The number of amides is 1. The number of nitrogens with zero attached hydrogens (tertiary/aromatic N) is 2. The summed E-state index contributed by atoms with van der Waals surface area (Å²) >= 11 is 0. The molecule has 0 radical (unpaired) electrons. The van der Waals surface area contributed by atoms with Crippen molar-refractivity contribution in [1.29, 1.82) is 0 Å². The second-order valence-corrected chi connectivity index (χ2v) is 6.13. The zero-order valence-corrected chi connectivity index (χ0v) is 15.3. The van der Waals surface area contributed by atoms with E-state index in [1.165, 1.54) is 16.8 Å². The third-order valence-corrected chi connectivity index (χ3v) is 4.08. The summed E-state index contributed by atoms with van der Waals surface area (Å²) in [6.07, 6.45) is 0. The van der Waals surface area contributed by atoms with Crippen LogP contribution >= 0.6 is 0 Å². The number of aryl methyl sites for hydroxylation is 2. The van der Waals surface area contributed by atoms with E-state index in [0.29, 0.717) is 18.8 Å². The van der Waals surface area contributed by atoms with Crippen LogP contribution in [0.15, 0.2) is 65.5 Å². The Balaban J connectivity index is 1.63. The standard InChI is InChI=1S/C21H21N3O3/c1-15-7-6-8-16(2)20(15)27-14-13-22-21(26)18-11-12-19(25)24(23-18)17-9-4-3-5-10-17/h3-12H,13-14H2,1-2H3,(H,22,26). The van der Waals surface area contributed by atoms with E-state index in [2.05, 4.69) is 10.4 Å². The molecule has 2 aromatic carbocycles. The zero-order chi connectivity index (χ0) is 19.2. The predicted molar refractivity (Wildman–Crippen MR) is 104 cm³/mol. The van der Waals surface area contributed by atoms with Crippen LogP contribution in [-0.2, 0) is 0 Å². The molecule has 1 amide bonds. The fourth-order valence-corrected chi connectivity index (χ4v) is 2.72. The minimum atomic E-state index is -0.357. The van der Waals surface area contributed by atoms with Gasteiger partial charge in [0.05, 0.1) is 12.2 Å². The Morgan fingerprint density at radius 2 is 1.70 bits per heavy atom. The molecule has 0 fully saturated rings. The van der Waals surface area contributed by atoms with Crippen LogP contribution in [0.3, 0.4) is 0 Å². The number of hydrogen-bond acceptors (Lipinski definition) is 4. The second-order valence-electron chi connectivity index (χ2n) is 6.13. The van der Waals surface area contributed by atoms with Crippen molar-refractivity contribution in [2.24, 2.45) is 0 Å². The van der Waals surface area contributed by atoms with Gasteiger partial charge >= 0.3 is 0 Å². The maximum atomic E-state index is 12.3. The first-order valence-electron chi connectivity index (χ1n) is 8.69. The first-order chi connectivity index (χ1) is 13.1. The van der Waals surface area contributed by atoms with Gasteiger partial charge in [0.25, 0.3) is 11.5 Å². The van der Waals surface area contributed by atoms with Crippen LogP contribution in [0.4, 0.5) is 0 Å². The Labute approximate surface area is 157 Å². The minimum Gasteiger partial charge on any atom is -0.491 e. The van der Waals surface area contributed by atoms with Gasteiger partial charge in [-0.15, -0.1) is 0 Å². The average Bonchev–Trinajstić information content (AvgIpc) is 2.68. The van der Waals surface area contributed by atoms with Crippen LogP contribution in [0.2, 0.25) is 0 Å². The Morgan fingerprint density at radius 3 is 2.41 bits per heavy atom. The lowest BCUT2D eigenvalue weighted by atomic mass is 10.1. The molecule has 1 heterocycles. The minimum absolute atomic E-state index is 0.172. The Kier molecular flexibility index (Phi) is 5.66. The number of ether oxygens (including phenoxy) is 1. The third-order valence-electron chi connectivity index (χ3n) is 4.08. The molecule has 6 heteroatoms. The molecule has 0 bridgehead atoms. The van der Waals surface area contributed by atoms with Gasteiger partial charge in [0.1, 0.15) is 18.1 Å². The van der Waals surface area contributed by atoms with Crippen LogP contribution in [0.5, 0.6) is 5.75 Å². The molecule has 6 nitrogen and oxygen atoms in total. The number of para-hydroxylation sites is 2. The van der Waals surface area contributed by atoms with Gasteiger partial charge in [-0.25, -0.2) is 0 Å². The summed E-state index contributed by atoms with van der Waals surface area (Å²) in [5, 5.41) is 6.92. The van der Waals surface area contributed by atoms with Gasteiger partial charge < -0.3 is 10.1 Å². The normalized spacial score (nSPS) is 10.4. The molecular formula is C21H21N3O3. The van der Waals surface area contributed by atoms with Crippen LogP contribution in [-0.4, -0.2) is 28.8 Å². The molecule has 0 aliphatic carbocycles. The van der Waals surface area contributed by atoms with Crippen molar-refractivity contribution in [2.75, 3.05) is 13.2 Å². The van der Waals surface area contributed by atoms with E-state index < -0.39 is 0 Å². The van der Waals surface area contributed by atoms with Crippen LogP contribution in [0.25, 0.3) is 5.69 Å². The highest BCUT2D eigenvalue weighted by Crippen LogP contribution is 2.21. The first kappa shape index (κ1) is 18.4. The highest BCUT2D eigenvalue weighted by atomic mass is 16.5. The molecule has 27 heavy (non-hydrogen) atoms. The van der Waals surface area contributed by atoms with Crippen LogP contribution < -0.4 is 15.6 Å². The summed E-state index contributed by atoms with van der Waals surface area (Å²) in [6.45, 7) is 4.64. The highest BCUT2D eigenvalue weighted by Gasteiger charge is 2.10. The lowest BCUT2D eigenvalue weighted by Crippen LogP contribution is -2.31. The number of nitrogens with one attached hydrogen (secondary N) is 1. The number of carbonyl (C=O) groups is 1. The summed E-state index contributed by atoms with van der Waals surface area (Å²) in [5.41, 5.74) is 2.59. The van der Waals surface area contributed by atoms with Gasteiger partial charge in [0.15, 0.2) is 0 Å². The molecule has 1 N–H and O–H groups in total. The SMILES string of the molecule is Cc1cccc(C)c1OCCNC(=O)c1ccc(=O)n(-c2ccccc2)n1. The molecule has 138 valence electrons. The monoisotopic (exact) mass is 363 g/mol. The number of aromatic nitrogens is 2. The van der Waals surface area contributed by atoms with Crippen molar-refractivity contribution in [1.82, 2.24) is 15.1 Å². The van der Waals surface area contributed by atoms with E-state index in [1.807, 2.05) is 38.1 Å². The predicted octanol–water partition coefficient (Wildman–Crippen LogP) is 2.66. The zero-order valence-electron chi connectivity index (χ0n) is 15.3. The number of rotatable bonds is 6. The van der Waals surface area contributed by atoms with Gasteiger partial charge in [0.2, 0.25) is 0 Å². The van der Waals surface area contributed by atoms with Crippen LogP contribution in [0, 0.1) is 13.8 Å². The Morgan fingerprint density at radius 1 is 1.00 bits per heavy atom. The van der Waals surface area contributed by atoms with E-state index in [-0.39, 0.29) is 17.2 Å². The molecule has 0 aliphatic heterocycles. The fourth-order valence-electron chi connectivity index (χ4n) is 2.72. The van der Waals surface area contributed by atoms with Crippen molar-refractivity contribution >= 4 is 5.91 Å². The van der Waals surface area contributed by atoms with E-state index in [1.54, 1.807) is 24.3 Å². The summed E-state index contributed by atoms with van der Waals surface area (Å²) in [5.74, 6) is 0.479. The van der Waals surface area contributed by atoms with E-state index in [0.717, 1.165) is 16.9 Å². The fraction of sp³-hybridized carbons (Fsp3) is 0.190. The molecule has 0 spiro atoms. The second kappa shape index (κ2) is 8.31. The topological polar surface area (TPSA) is 73.2 Å². The van der Waals surface area contributed by atoms with Gasteiger partial charge in [0, 0.05) is 6.07 Å². The number of carbonyl (C=O) groups excluding carboxylic acids is 1. The maximum Gasteiger partial charge on any atom is 0.271 e. The molecule has 0 saturated carbocycles. The molecule has 1 aromatic heterocycles. The largest absolute Gasteiger partial charge is 0.491 e. The van der Waals surface area contributed by atoms with Crippen molar-refractivity contribution in [3.8, 4) is 11.4 Å². The lowest BCUT2D eigenvalue weighted by molar-refractivity contribution is 0.0940. The maximum absolute atomic E-state index is 12.3. The molecular weight excluding hydrogens is 342 g/mol. The van der Waals surface area contributed by atoms with E-state index in [9.17, 15) is 9.59 Å². The van der Waals surface area contributed by atoms with Crippen molar-refractivity contribution in [3.63, 3.8) is 0 Å². The summed E-state index contributed by atoms with van der Waals surface area (Å²) < 4.78 is 6.99. The van der Waals surface area contributed by atoms with Crippen LogP contribution in [0.1, 0.15) is 21.6 Å². The molecule has 0 saturated heterocycles. The quantitative estimate of drug-likeness (QED) is 0.684. The van der Waals surface area contributed by atoms with Crippen molar-refractivity contribution in [2.45, 2.75) is 13.8 Å². The van der Waals surface area contributed by atoms with Gasteiger partial charge in [-0.2, -0.15) is 9.78 Å². The highest BCUT2D eigenvalue weighted by molar-refractivity contribution is 5.92. The Hall–Kier alpha value is -3.41. The van der Waals surface area contributed by atoms with Gasteiger partial charge in [-0.05, 0) is 43.2 Å². The molecule has 0 atom stereocenters. The Bertz CT molecular complexity index is 977. The molecule has 3 rings (SSSR count). The molecule has 3 aromatic rings. The number of hydrogen-bond donors (Lipinski definition) is 1. The summed E-state index contributed by atoms with van der Waals surface area (Å²) in [7, 11) is 0. The van der Waals surface area contributed by atoms with Crippen molar-refractivity contribution < 1.29 is 9.53 Å². The van der Waals surface area contributed by atoms with E-state index in [4.69, 9.17) is 4.74 Å². The lowest BCUT2D eigenvalue weighted by Gasteiger charge is -2.12. The number of benzene rings is 2. The smallest absolute Gasteiger partial charge is 0.271 e. The molecule has 0 unspecified atom stereocenters. The van der Waals surface area contributed by atoms with Gasteiger partial charge in [-0.3, -0.25) is 9.59 Å².